The molecule has 0 saturated carbocycles. The van der Waals surface area contributed by atoms with E-state index in [2.05, 4.69) is 16.5 Å². The average molecular weight is 631 g/mol. The molecule has 0 bridgehead atoms. The summed E-state index contributed by atoms with van der Waals surface area (Å²) in [6, 6.07) is 33.1. The number of hydrogen-bond acceptors (Lipinski definition) is 7. The molecular weight excluding hydrogens is 588 g/mol. The third-order valence-corrected chi connectivity index (χ3v) is 10.1. The number of likely N-dealkylation sites (N-methyl/N-ethyl adjacent to an activating group) is 1. The molecule has 1 heterocycles. The summed E-state index contributed by atoms with van der Waals surface area (Å²) in [5.74, 6) is -0.0172. The van der Waals surface area contributed by atoms with Crippen molar-refractivity contribution < 1.29 is 28.1 Å². The van der Waals surface area contributed by atoms with E-state index < -0.39 is 22.4 Å². The molecule has 1 unspecified atom stereocenters. The predicted octanol–water partition coefficient (Wildman–Crippen LogP) is 5.50. The topological polar surface area (TPSA) is 108 Å². The lowest BCUT2D eigenvalue weighted by atomic mass is 9.89. The second-order valence-corrected chi connectivity index (χ2v) is 13.5. The Bertz CT molecular complexity index is 1600. The monoisotopic (exact) mass is 630 g/mol. The summed E-state index contributed by atoms with van der Waals surface area (Å²) >= 11 is 0. The Balaban J connectivity index is 1.33. The van der Waals surface area contributed by atoms with Gasteiger partial charge < -0.3 is 19.7 Å². The van der Waals surface area contributed by atoms with Gasteiger partial charge in [-0.15, -0.1) is 0 Å². The van der Waals surface area contributed by atoms with Gasteiger partial charge in [-0.3, -0.25) is 4.90 Å². The van der Waals surface area contributed by atoms with E-state index in [1.165, 1.54) is 0 Å². The van der Waals surface area contributed by atoms with Crippen molar-refractivity contribution in [2.24, 2.45) is 5.92 Å². The van der Waals surface area contributed by atoms with Gasteiger partial charge in [-0.1, -0.05) is 104 Å². The van der Waals surface area contributed by atoms with Crippen molar-refractivity contribution in [2.75, 3.05) is 13.6 Å². The van der Waals surface area contributed by atoms with Gasteiger partial charge in [-0.05, 0) is 48.4 Å². The minimum Gasteiger partial charge on any atom is -0.392 e. The van der Waals surface area contributed by atoms with E-state index in [4.69, 9.17) is 9.47 Å². The van der Waals surface area contributed by atoms with Gasteiger partial charge in [0.1, 0.15) is 0 Å². The van der Waals surface area contributed by atoms with E-state index >= 15 is 0 Å². The molecule has 4 aromatic carbocycles. The zero-order valence-electron chi connectivity index (χ0n) is 25.9. The van der Waals surface area contributed by atoms with E-state index in [1.54, 1.807) is 30.3 Å². The molecule has 0 radical (unpaired) electrons. The predicted molar refractivity (Wildman–Crippen MR) is 173 cm³/mol. The third kappa shape index (κ3) is 8.06. The Labute approximate surface area is 266 Å². The standard InChI is InChI=1S/C36H42N2O6S/c1-25-33(23-38(3)26(2)34(40)29-10-6-4-7-11-29)43-36(44-35(25)30-18-16-28(24-39)17-19-30)31-20-14-27(15-21-31)22-37-45(41,42)32-12-8-5-9-13-32/h4-21,25-26,33-37,39-40H,22-24H2,1-3H3/t25-,26-,33+,34-,35+,36?/m0/s1. The van der Waals surface area contributed by atoms with Crippen molar-refractivity contribution in [1.82, 2.24) is 9.62 Å². The van der Waals surface area contributed by atoms with Crippen LogP contribution in [-0.4, -0.2) is 49.3 Å². The molecule has 45 heavy (non-hydrogen) atoms. The summed E-state index contributed by atoms with van der Waals surface area (Å²) < 4.78 is 41.2. The number of hydrogen-bond donors (Lipinski definition) is 3. The largest absolute Gasteiger partial charge is 0.392 e. The summed E-state index contributed by atoms with van der Waals surface area (Å²) in [4.78, 5) is 2.34. The first-order valence-corrected chi connectivity index (χ1v) is 16.7. The molecule has 1 saturated heterocycles. The summed E-state index contributed by atoms with van der Waals surface area (Å²) in [5, 5.41) is 20.6. The quantitative estimate of drug-likeness (QED) is 0.190. The van der Waals surface area contributed by atoms with Crippen LogP contribution in [-0.2, 0) is 32.6 Å². The number of ether oxygens (including phenoxy) is 2. The Morgan fingerprint density at radius 3 is 2.02 bits per heavy atom. The molecule has 4 aromatic rings. The Hall–Kier alpha value is -3.41. The van der Waals surface area contributed by atoms with Gasteiger partial charge in [0.15, 0.2) is 6.29 Å². The number of benzene rings is 4. The van der Waals surface area contributed by atoms with Crippen LogP contribution < -0.4 is 4.72 Å². The van der Waals surface area contributed by atoms with Gasteiger partial charge in [0.05, 0.1) is 29.8 Å². The Kier molecular flexibility index (Phi) is 10.8. The number of aliphatic hydroxyl groups is 2. The highest BCUT2D eigenvalue weighted by molar-refractivity contribution is 7.89. The van der Waals surface area contributed by atoms with Crippen molar-refractivity contribution >= 4 is 10.0 Å². The van der Waals surface area contributed by atoms with E-state index in [0.29, 0.717) is 6.54 Å². The molecule has 0 amide bonds. The fraction of sp³-hybridized carbons (Fsp3) is 0.333. The smallest absolute Gasteiger partial charge is 0.240 e. The molecule has 1 fully saturated rings. The zero-order valence-corrected chi connectivity index (χ0v) is 26.7. The molecule has 0 spiro atoms. The molecule has 8 nitrogen and oxygen atoms in total. The van der Waals surface area contributed by atoms with Gasteiger partial charge in [0, 0.05) is 30.6 Å². The summed E-state index contributed by atoms with van der Waals surface area (Å²) in [6.07, 6.45) is -1.82. The first-order chi connectivity index (χ1) is 21.7. The highest BCUT2D eigenvalue weighted by Gasteiger charge is 2.39. The fourth-order valence-electron chi connectivity index (χ4n) is 5.60. The number of nitrogens with one attached hydrogen (secondary N) is 1. The lowest BCUT2D eigenvalue weighted by Crippen LogP contribution is -2.46. The molecule has 6 atom stereocenters. The van der Waals surface area contributed by atoms with Crippen molar-refractivity contribution in [3.8, 4) is 0 Å². The summed E-state index contributed by atoms with van der Waals surface area (Å²) in [7, 11) is -1.63. The second kappa shape index (κ2) is 14.8. The maximum Gasteiger partial charge on any atom is 0.240 e. The van der Waals surface area contributed by atoms with Crippen LogP contribution in [0, 0.1) is 5.92 Å². The molecule has 0 aliphatic carbocycles. The van der Waals surface area contributed by atoms with Gasteiger partial charge in [-0.25, -0.2) is 13.1 Å². The van der Waals surface area contributed by atoms with Crippen LogP contribution in [0.4, 0.5) is 0 Å². The number of aliphatic hydroxyl groups excluding tert-OH is 2. The number of nitrogens with zero attached hydrogens (tertiary/aromatic N) is 1. The highest BCUT2D eigenvalue weighted by atomic mass is 32.2. The van der Waals surface area contributed by atoms with Gasteiger partial charge in [-0.2, -0.15) is 0 Å². The van der Waals surface area contributed by atoms with Gasteiger partial charge in [0.2, 0.25) is 10.0 Å². The number of rotatable bonds is 12. The zero-order chi connectivity index (χ0) is 32.0. The minimum absolute atomic E-state index is 0.0172. The van der Waals surface area contributed by atoms with Crippen LogP contribution in [0.5, 0.6) is 0 Å². The van der Waals surface area contributed by atoms with Crippen molar-refractivity contribution in [1.29, 1.82) is 0 Å². The minimum atomic E-state index is -3.63. The SMILES string of the molecule is C[C@H]1[C@@H](CN(C)[C@@H](C)[C@H](O)c2ccccc2)OC(c2ccc(CNS(=O)(=O)c3ccccc3)cc2)O[C@H]1c1ccc(CO)cc1. The second-order valence-electron chi connectivity index (χ2n) is 11.7. The van der Waals surface area contributed by atoms with Crippen molar-refractivity contribution in [3.05, 3.63) is 137 Å². The normalized spacial score (nSPS) is 21.8. The number of sulfonamides is 1. The van der Waals surface area contributed by atoms with E-state index in [9.17, 15) is 18.6 Å². The van der Waals surface area contributed by atoms with Crippen LogP contribution in [0.2, 0.25) is 0 Å². The first-order valence-electron chi connectivity index (χ1n) is 15.2. The highest BCUT2D eigenvalue weighted by Crippen LogP contribution is 2.42. The molecule has 0 aromatic heterocycles. The maximum atomic E-state index is 12.7. The first kappa shape index (κ1) is 33.0. The Morgan fingerprint density at radius 1 is 0.822 bits per heavy atom. The van der Waals surface area contributed by atoms with E-state index in [1.807, 2.05) is 92.8 Å². The van der Waals surface area contributed by atoms with Crippen LogP contribution in [0.15, 0.2) is 114 Å². The summed E-state index contributed by atoms with van der Waals surface area (Å²) in [5.41, 5.74) is 4.30. The lowest BCUT2D eigenvalue weighted by molar-refractivity contribution is -0.276. The lowest BCUT2D eigenvalue weighted by Gasteiger charge is -2.43. The average Bonchev–Trinajstić information content (AvgIpc) is 3.08. The van der Waals surface area contributed by atoms with Gasteiger partial charge in [0.25, 0.3) is 0 Å². The van der Waals surface area contributed by atoms with Crippen molar-refractivity contribution in [3.63, 3.8) is 0 Å². The molecule has 238 valence electrons. The Morgan fingerprint density at radius 2 is 1.40 bits per heavy atom. The summed E-state index contributed by atoms with van der Waals surface area (Å²) in [6.45, 7) is 4.80. The maximum absolute atomic E-state index is 12.7. The fourth-order valence-corrected chi connectivity index (χ4v) is 6.64. The third-order valence-electron chi connectivity index (χ3n) is 8.66. The molecule has 9 heteroatoms. The molecule has 1 aliphatic heterocycles. The molecule has 1 aliphatic rings. The molecule has 3 N–H and O–H groups in total. The van der Waals surface area contributed by atoms with Crippen LogP contribution in [0.25, 0.3) is 0 Å². The van der Waals surface area contributed by atoms with Crippen LogP contribution in [0.1, 0.15) is 60.2 Å². The van der Waals surface area contributed by atoms with Crippen LogP contribution >= 0.6 is 0 Å². The van der Waals surface area contributed by atoms with Gasteiger partial charge >= 0.3 is 0 Å². The molecule has 5 rings (SSSR count). The van der Waals surface area contributed by atoms with Crippen LogP contribution in [0.3, 0.4) is 0 Å². The molecular formula is C36H42N2O6S. The van der Waals surface area contributed by atoms with E-state index in [-0.39, 0.29) is 42.2 Å². The van der Waals surface area contributed by atoms with E-state index in [0.717, 1.165) is 27.8 Å². The van der Waals surface area contributed by atoms with Crippen molar-refractivity contribution in [2.45, 2.75) is 62.5 Å².